The van der Waals surface area contributed by atoms with E-state index in [-0.39, 0.29) is 0 Å². The van der Waals surface area contributed by atoms with Crippen LogP contribution in [0.15, 0.2) is 17.5 Å². The number of nitrogens with one attached hydrogen (secondary N) is 1. The van der Waals surface area contributed by atoms with E-state index in [9.17, 15) is 0 Å². The highest BCUT2D eigenvalue weighted by Gasteiger charge is 2.30. The summed E-state index contributed by atoms with van der Waals surface area (Å²) in [5.74, 6) is 0.931. The fraction of sp³-hybridized carbons (Fsp3) is 0.765. The second-order valence-electron chi connectivity index (χ2n) is 6.59. The summed E-state index contributed by atoms with van der Waals surface area (Å²) in [4.78, 5) is 4.25. The lowest BCUT2D eigenvalue weighted by molar-refractivity contribution is 0.106. The highest BCUT2D eigenvalue weighted by molar-refractivity contribution is 7.09. The van der Waals surface area contributed by atoms with Crippen LogP contribution in [0.3, 0.4) is 0 Å². The average molecular weight is 292 g/mol. The van der Waals surface area contributed by atoms with Crippen LogP contribution in [-0.2, 0) is 6.42 Å². The van der Waals surface area contributed by atoms with E-state index in [1.165, 1.54) is 63.0 Å². The van der Waals surface area contributed by atoms with Crippen LogP contribution in [0.2, 0.25) is 0 Å². The Morgan fingerprint density at radius 2 is 2.15 bits per heavy atom. The third-order valence-electron chi connectivity index (χ3n) is 5.17. The Kier molecular flexibility index (Phi) is 5.14. The van der Waals surface area contributed by atoms with E-state index in [1.54, 1.807) is 0 Å². The minimum absolute atomic E-state index is 0.690. The van der Waals surface area contributed by atoms with Crippen molar-refractivity contribution in [3.63, 3.8) is 0 Å². The summed E-state index contributed by atoms with van der Waals surface area (Å²) in [5, 5.41) is 6.02. The molecule has 1 N–H and O–H groups in total. The van der Waals surface area contributed by atoms with Gasteiger partial charge in [0.25, 0.3) is 0 Å². The van der Waals surface area contributed by atoms with E-state index in [2.05, 4.69) is 34.7 Å². The maximum atomic E-state index is 3.82. The molecule has 1 aliphatic carbocycles. The molecule has 1 saturated carbocycles. The highest BCUT2D eigenvalue weighted by atomic mass is 32.1. The molecule has 20 heavy (non-hydrogen) atoms. The number of hydrogen-bond donors (Lipinski definition) is 1. The van der Waals surface area contributed by atoms with Crippen molar-refractivity contribution in [3.05, 3.63) is 22.4 Å². The molecule has 0 aromatic carbocycles. The van der Waals surface area contributed by atoms with Crippen LogP contribution in [0.25, 0.3) is 0 Å². The van der Waals surface area contributed by atoms with E-state index in [0.717, 1.165) is 12.0 Å². The lowest BCUT2D eigenvalue weighted by atomic mass is 9.82. The number of thiophene rings is 1. The largest absolute Gasteiger partial charge is 0.311 e. The molecule has 2 aliphatic rings. The highest BCUT2D eigenvalue weighted by Crippen LogP contribution is 2.28. The van der Waals surface area contributed by atoms with Gasteiger partial charge in [0.05, 0.1) is 0 Å². The SMILES string of the molecule is CC1CNC(C2CCCCC2)CN1CCc1cccs1. The first-order valence-corrected chi connectivity index (χ1v) is 9.20. The smallest absolute Gasteiger partial charge is 0.0224 e. The molecular formula is C17H28N2S. The van der Waals surface area contributed by atoms with Gasteiger partial charge in [-0.1, -0.05) is 25.3 Å². The van der Waals surface area contributed by atoms with E-state index < -0.39 is 0 Å². The molecule has 2 nitrogen and oxygen atoms in total. The Morgan fingerprint density at radius 3 is 2.90 bits per heavy atom. The monoisotopic (exact) mass is 292 g/mol. The van der Waals surface area contributed by atoms with Gasteiger partial charge < -0.3 is 5.32 Å². The van der Waals surface area contributed by atoms with E-state index >= 15 is 0 Å². The Bertz CT molecular complexity index is 384. The molecule has 0 amide bonds. The number of nitrogens with zero attached hydrogens (tertiary/aromatic N) is 1. The first-order chi connectivity index (χ1) is 9.83. The first-order valence-electron chi connectivity index (χ1n) is 8.33. The van der Waals surface area contributed by atoms with Crippen molar-refractivity contribution in [2.45, 2.75) is 57.5 Å². The van der Waals surface area contributed by atoms with Gasteiger partial charge in [0.1, 0.15) is 0 Å². The second kappa shape index (κ2) is 7.06. The van der Waals surface area contributed by atoms with Gasteiger partial charge in [-0.25, -0.2) is 0 Å². The van der Waals surface area contributed by atoms with Crippen molar-refractivity contribution in [1.82, 2.24) is 10.2 Å². The van der Waals surface area contributed by atoms with Gasteiger partial charge in [-0.3, -0.25) is 4.90 Å². The van der Waals surface area contributed by atoms with Gasteiger partial charge in [-0.05, 0) is 43.6 Å². The van der Waals surface area contributed by atoms with Crippen LogP contribution in [0, 0.1) is 5.92 Å². The molecule has 1 aliphatic heterocycles. The molecule has 112 valence electrons. The third kappa shape index (κ3) is 3.63. The molecule has 3 heteroatoms. The van der Waals surface area contributed by atoms with Crippen molar-refractivity contribution in [2.24, 2.45) is 5.92 Å². The molecule has 2 heterocycles. The molecule has 0 radical (unpaired) electrons. The summed E-state index contributed by atoms with van der Waals surface area (Å²) in [6, 6.07) is 5.88. The predicted molar refractivity (Wildman–Crippen MR) is 87.4 cm³/mol. The van der Waals surface area contributed by atoms with Crippen LogP contribution in [0.1, 0.15) is 43.9 Å². The van der Waals surface area contributed by atoms with Crippen LogP contribution in [0.4, 0.5) is 0 Å². The van der Waals surface area contributed by atoms with Crippen molar-refractivity contribution >= 4 is 11.3 Å². The van der Waals surface area contributed by atoms with E-state index in [0.29, 0.717) is 6.04 Å². The maximum Gasteiger partial charge on any atom is 0.0224 e. The van der Waals surface area contributed by atoms with Crippen molar-refractivity contribution in [2.75, 3.05) is 19.6 Å². The minimum Gasteiger partial charge on any atom is -0.311 e. The molecule has 1 saturated heterocycles. The second-order valence-corrected chi connectivity index (χ2v) is 7.62. The van der Waals surface area contributed by atoms with Gasteiger partial charge in [0.2, 0.25) is 0 Å². The molecule has 0 bridgehead atoms. The van der Waals surface area contributed by atoms with Crippen molar-refractivity contribution in [3.8, 4) is 0 Å². The topological polar surface area (TPSA) is 15.3 Å². The Hall–Kier alpha value is -0.380. The third-order valence-corrected chi connectivity index (χ3v) is 6.11. The van der Waals surface area contributed by atoms with Gasteiger partial charge in [-0.15, -0.1) is 11.3 Å². The molecule has 1 aromatic rings. The zero-order chi connectivity index (χ0) is 13.8. The zero-order valence-corrected chi connectivity index (χ0v) is 13.5. The average Bonchev–Trinajstić information content (AvgIpc) is 3.01. The van der Waals surface area contributed by atoms with Crippen LogP contribution in [-0.4, -0.2) is 36.6 Å². The lowest BCUT2D eigenvalue weighted by Crippen LogP contribution is -2.58. The van der Waals surface area contributed by atoms with Gasteiger partial charge in [0.15, 0.2) is 0 Å². The quantitative estimate of drug-likeness (QED) is 0.913. The zero-order valence-electron chi connectivity index (χ0n) is 12.7. The standard InChI is InChI=1S/C17H28N2S/c1-14-12-18-17(15-6-3-2-4-7-15)13-19(14)10-9-16-8-5-11-20-16/h5,8,11,14-15,17-18H,2-4,6-7,9-10,12-13H2,1H3. The summed E-state index contributed by atoms with van der Waals surface area (Å²) >= 11 is 1.90. The molecule has 1 aromatic heterocycles. The molecule has 2 atom stereocenters. The molecular weight excluding hydrogens is 264 g/mol. The molecule has 3 rings (SSSR count). The first kappa shape index (κ1) is 14.6. The van der Waals surface area contributed by atoms with Gasteiger partial charge in [-0.2, -0.15) is 0 Å². The summed E-state index contributed by atoms with van der Waals surface area (Å²) in [5.41, 5.74) is 0. The molecule has 2 unspecified atom stereocenters. The lowest BCUT2D eigenvalue weighted by Gasteiger charge is -2.42. The number of rotatable bonds is 4. The molecule has 0 spiro atoms. The fourth-order valence-corrected chi connectivity index (χ4v) is 4.52. The Labute approximate surface area is 127 Å². The van der Waals surface area contributed by atoms with Gasteiger partial charge in [0, 0.05) is 36.6 Å². The van der Waals surface area contributed by atoms with Crippen molar-refractivity contribution < 1.29 is 0 Å². The Balaban J connectivity index is 1.52. The summed E-state index contributed by atoms with van der Waals surface area (Å²) in [7, 11) is 0. The van der Waals surface area contributed by atoms with Crippen molar-refractivity contribution in [1.29, 1.82) is 0 Å². The minimum atomic E-state index is 0.690. The van der Waals surface area contributed by atoms with Crippen LogP contribution >= 0.6 is 11.3 Å². The van der Waals surface area contributed by atoms with Crippen LogP contribution in [0.5, 0.6) is 0 Å². The van der Waals surface area contributed by atoms with E-state index in [4.69, 9.17) is 0 Å². The predicted octanol–water partition coefficient (Wildman–Crippen LogP) is 3.53. The normalized spacial score (nSPS) is 29.6. The summed E-state index contributed by atoms with van der Waals surface area (Å²) in [6.45, 7) is 6.04. The van der Waals surface area contributed by atoms with Gasteiger partial charge >= 0.3 is 0 Å². The number of piperazine rings is 1. The maximum absolute atomic E-state index is 3.82. The summed E-state index contributed by atoms with van der Waals surface area (Å²) in [6.07, 6.45) is 8.48. The van der Waals surface area contributed by atoms with E-state index in [1.807, 2.05) is 11.3 Å². The Morgan fingerprint density at radius 1 is 1.30 bits per heavy atom. The fourth-order valence-electron chi connectivity index (χ4n) is 3.82. The summed E-state index contributed by atoms with van der Waals surface area (Å²) < 4.78 is 0. The molecule has 2 fully saturated rings. The number of hydrogen-bond acceptors (Lipinski definition) is 3. The van der Waals surface area contributed by atoms with Crippen LogP contribution < -0.4 is 5.32 Å².